The van der Waals surface area contributed by atoms with Gasteiger partial charge < -0.3 is 4.42 Å². The molecular formula is C49H33NO. The Morgan fingerprint density at radius 3 is 0.980 bits per heavy atom. The van der Waals surface area contributed by atoms with Crippen molar-refractivity contribution in [3.8, 4) is 78.2 Å². The van der Waals surface area contributed by atoms with Crippen LogP contribution in [0.2, 0.25) is 0 Å². The molecule has 0 bridgehead atoms. The first-order chi connectivity index (χ1) is 25.2. The Hall–Kier alpha value is -6.77. The SMILES string of the molecule is c1ccc(-c2ccc(-c3ccc(-c4nc5c(-c6ccc(-c7ccccc7)cc6)cc(-c6ccc(-c7ccccc7)cc6)cc5o4)cc3)cc2)cc1. The third kappa shape index (κ3) is 6.16. The molecule has 9 aromatic rings. The highest BCUT2D eigenvalue weighted by molar-refractivity contribution is 5.96. The van der Waals surface area contributed by atoms with E-state index in [9.17, 15) is 0 Å². The van der Waals surface area contributed by atoms with Crippen molar-refractivity contribution in [3.63, 3.8) is 0 Å². The second-order valence-corrected chi connectivity index (χ2v) is 12.8. The van der Waals surface area contributed by atoms with Gasteiger partial charge in [-0.05, 0) is 85.5 Å². The highest BCUT2D eigenvalue weighted by Crippen LogP contribution is 2.38. The summed E-state index contributed by atoms with van der Waals surface area (Å²) < 4.78 is 6.56. The number of hydrogen-bond donors (Lipinski definition) is 0. The molecule has 51 heavy (non-hydrogen) atoms. The molecule has 0 N–H and O–H groups in total. The maximum atomic E-state index is 6.56. The van der Waals surface area contributed by atoms with Crippen molar-refractivity contribution in [2.24, 2.45) is 0 Å². The van der Waals surface area contributed by atoms with Gasteiger partial charge in [0.2, 0.25) is 5.89 Å². The van der Waals surface area contributed by atoms with E-state index in [1.807, 2.05) is 18.2 Å². The van der Waals surface area contributed by atoms with Gasteiger partial charge in [0.25, 0.3) is 0 Å². The average molecular weight is 652 g/mol. The molecule has 9 rings (SSSR count). The molecule has 1 heterocycles. The third-order valence-corrected chi connectivity index (χ3v) is 9.58. The van der Waals surface area contributed by atoms with E-state index in [1.54, 1.807) is 0 Å². The molecule has 0 atom stereocenters. The van der Waals surface area contributed by atoms with Crippen molar-refractivity contribution in [2.45, 2.75) is 0 Å². The average Bonchev–Trinajstić information content (AvgIpc) is 3.66. The smallest absolute Gasteiger partial charge is 0.227 e. The second kappa shape index (κ2) is 13.3. The van der Waals surface area contributed by atoms with Gasteiger partial charge in [0.15, 0.2) is 5.58 Å². The van der Waals surface area contributed by atoms with Gasteiger partial charge in [0.05, 0.1) is 0 Å². The summed E-state index contributed by atoms with van der Waals surface area (Å²) in [6, 6.07) is 70.5. The molecule has 0 unspecified atom stereocenters. The lowest BCUT2D eigenvalue weighted by Gasteiger charge is -2.09. The Kier molecular flexibility index (Phi) is 7.88. The van der Waals surface area contributed by atoms with Crippen LogP contribution in [-0.2, 0) is 0 Å². The molecule has 0 fully saturated rings. The zero-order valence-corrected chi connectivity index (χ0v) is 27.9. The Morgan fingerprint density at radius 1 is 0.275 bits per heavy atom. The lowest BCUT2D eigenvalue weighted by atomic mass is 9.95. The monoisotopic (exact) mass is 651 g/mol. The molecule has 240 valence electrons. The second-order valence-electron chi connectivity index (χ2n) is 12.8. The number of rotatable bonds is 7. The van der Waals surface area contributed by atoms with Crippen LogP contribution in [0.15, 0.2) is 205 Å². The Morgan fingerprint density at radius 2 is 0.588 bits per heavy atom. The lowest BCUT2D eigenvalue weighted by Crippen LogP contribution is -1.86. The minimum Gasteiger partial charge on any atom is -0.436 e. The van der Waals surface area contributed by atoms with Crippen LogP contribution in [-0.4, -0.2) is 4.98 Å². The first-order valence-corrected chi connectivity index (χ1v) is 17.3. The molecule has 0 saturated heterocycles. The largest absolute Gasteiger partial charge is 0.436 e. The molecule has 2 heteroatoms. The molecule has 0 aliphatic rings. The summed E-state index contributed by atoms with van der Waals surface area (Å²) in [5.74, 6) is 0.606. The number of aromatic nitrogens is 1. The van der Waals surface area contributed by atoms with Crippen LogP contribution in [0.25, 0.3) is 89.3 Å². The van der Waals surface area contributed by atoms with E-state index in [0.29, 0.717) is 5.89 Å². The minimum atomic E-state index is 0.606. The molecule has 8 aromatic carbocycles. The summed E-state index contributed by atoms with van der Waals surface area (Å²) in [6.07, 6.45) is 0. The quantitative estimate of drug-likeness (QED) is 0.171. The standard InChI is InChI=1S/C49H33NO/c1-4-10-34(11-5-1)37-16-18-40(19-17-37)41-26-30-44(31-27-41)49-50-48-46(43-28-24-39(25-29-43)36-14-8-3-9-15-36)32-45(33-47(48)51-49)42-22-20-38(21-23-42)35-12-6-2-7-13-35/h1-33H. The van der Waals surface area contributed by atoms with Crippen LogP contribution < -0.4 is 0 Å². The molecular weight excluding hydrogens is 619 g/mol. The van der Waals surface area contributed by atoms with Gasteiger partial charge in [-0.2, -0.15) is 0 Å². The Labute approximate surface area is 298 Å². The van der Waals surface area contributed by atoms with Crippen molar-refractivity contribution >= 4 is 11.1 Å². The minimum absolute atomic E-state index is 0.606. The molecule has 0 aliphatic heterocycles. The van der Waals surface area contributed by atoms with E-state index in [0.717, 1.165) is 44.5 Å². The first-order valence-electron chi connectivity index (χ1n) is 17.3. The number of benzene rings is 8. The fourth-order valence-electron chi connectivity index (χ4n) is 6.79. The summed E-state index contributed by atoms with van der Waals surface area (Å²) >= 11 is 0. The summed E-state index contributed by atoms with van der Waals surface area (Å²) in [7, 11) is 0. The van der Waals surface area contributed by atoms with Crippen molar-refractivity contribution < 1.29 is 4.42 Å². The van der Waals surface area contributed by atoms with E-state index < -0.39 is 0 Å². The van der Waals surface area contributed by atoms with Crippen LogP contribution in [0.4, 0.5) is 0 Å². The van der Waals surface area contributed by atoms with Gasteiger partial charge in [-0.3, -0.25) is 0 Å². The maximum Gasteiger partial charge on any atom is 0.227 e. The normalized spacial score (nSPS) is 11.1. The van der Waals surface area contributed by atoms with Crippen LogP contribution in [0.1, 0.15) is 0 Å². The summed E-state index contributed by atoms with van der Waals surface area (Å²) in [5, 5.41) is 0. The zero-order valence-electron chi connectivity index (χ0n) is 27.9. The summed E-state index contributed by atoms with van der Waals surface area (Å²) in [5.41, 5.74) is 16.4. The van der Waals surface area contributed by atoms with Crippen molar-refractivity contribution in [3.05, 3.63) is 200 Å². The van der Waals surface area contributed by atoms with E-state index in [1.165, 1.54) is 38.9 Å². The van der Waals surface area contributed by atoms with E-state index in [4.69, 9.17) is 9.40 Å². The van der Waals surface area contributed by atoms with Crippen molar-refractivity contribution in [2.75, 3.05) is 0 Å². The molecule has 0 aliphatic carbocycles. The van der Waals surface area contributed by atoms with Gasteiger partial charge in [-0.15, -0.1) is 0 Å². The Bertz CT molecular complexity index is 2550. The predicted molar refractivity (Wildman–Crippen MR) is 212 cm³/mol. The van der Waals surface area contributed by atoms with Gasteiger partial charge >= 0.3 is 0 Å². The van der Waals surface area contributed by atoms with E-state index in [2.05, 4.69) is 182 Å². The third-order valence-electron chi connectivity index (χ3n) is 9.58. The summed E-state index contributed by atoms with van der Waals surface area (Å²) in [4.78, 5) is 5.11. The highest BCUT2D eigenvalue weighted by atomic mass is 16.3. The number of oxazole rings is 1. The lowest BCUT2D eigenvalue weighted by molar-refractivity contribution is 0.620. The van der Waals surface area contributed by atoms with Crippen LogP contribution >= 0.6 is 0 Å². The van der Waals surface area contributed by atoms with Crippen LogP contribution in [0.3, 0.4) is 0 Å². The van der Waals surface area contributed by atoms with Crippen molar-refractivity contribution in [1.82, 2.24) is 4.98 Å². The fourth-order valence-corrected chi connectivity index (χ4v) is 6.79. The number of nitrogens with zero attached hydrogens (tertiary/aromatic N) is 1. The van der Waals surface area contributed by atoms with E-state index >= 15 is 0 Å². The van der Waals surface area contributed by atoms with Gasteiger partial charge in [-0.25, -0.2) is 4.98 Å². The number of fused-ring (bicyclic) bond motifs is 1. The number of hydrogen-bond acceptors (Lipinski definition) is 2. The molecule has 0 radical (unpaired) electrons. The van der Waals surface area contributed by atoms with E-state index in [-0.39, 0.29) is 0 Å². The van der Waals surface area contributed by atoms with Crippen LogP contribution in [0, 0.1) is 0 Å². The molecule has 0 amide bonds. The van der Waals surface area contributed by atoms with Crippen molar-refractivity contribution in [1.29, 1.82) is 0 Å². The molecule has 0 spiro atoms. The topological polar surface area (TPSA) is 26.0 Å². The summed E-state index contributed by atoms with van der Waals surface area (Å²) in [6.45, 7) is 0. The van der Waals surface area contributed by atoms with Gasteiger partial charge in [-0.1, -0.05) is 176 Å². The molecule has 0 saturated carbocycles. The maximum absolute atomic E-state index is 6.56. The van der Waals surface area contributed by atoms with Crippen LogP contribution in [0.5, 0.6) is 0 Å². The molecule has 1 aromatic heterocycles. The van der Waals surface area contributed by atoms with Gasteiger partial charge in [0, 0.05) is 11.1 Å². The highest BCUT2D eigenvalue weighted by Gasteiger charge is 2.16. The van der Waals surface area contributed by atoms with Gasteiger partial charge in [0.1, 0.15) is 5.52 Å². The fraction of sp³-hybridized carbons (Fsp3) is 0. The predicted octanol–water partition coefficient (Wildman–Crippen LogP) is 13.5. The molecule has 2 nitrogen and oxygen atoms in total. The Balaban J connectivity index is 1.08. The first kappa shape index (κ1) is 30.3. The zero-order chi connectivity index (χ0) is 34.0.